The summed E-state index contributed by atoms with van der Waals surface area (Å²) in [5.74, 6) is 1.10. The van der Waals surface area contributed by atoms with Crippen LogP contribution in [-0.4, -0.2) is 47.9 Å². The molecule has 0 aliphatic rings. The molecule has 2 rings (SSSR count). The highest BCUT2D eigenvalue weighted by atomic mass is 35.5. The molecule has 1 aromatic heterocycles. The van der Waals surface area contributed by atoms with Crippen molar-refractivity contribution in [2.45, 2.75) is 0 Å². The summed E-state index contributed by atoms with van der Waals surface area (Å²) >= 11 is 5.78. The molecule has 0 saturated carbocycles. The van der Waals surface area contributed by atoms with Crippen molar-refractivity contribution >= 4 is 28.6 Å². The van der Waals surface area contributed by atoms with Gasteiger partial charge in [0.25, 0.3) is 0 Å². The SMILES string of the molecule is COCCN(CCCl)c1nnc2ccccc2n1. The lowest BCUT2D eigenvalue weighted by molar-refractivity contribution is 0.205. The molecule has 0 aliphatic carbocycles. The lowest BCUT2D eigenvalue weighted by Gasteiger charge is -2.20. The monoisotopic (exact) mass is 266 g/mol. The molecule has 2 aromatic rings. The molecule has 18 heavy (non-hydrogen) atoms. The predicted molar refractivity (Wildman–Crippen MR) is 72.1 cm³/mol. The van der Waals surface area contributed by atoms with Gasteiger partial charge in [-0.3, -0.25) is 0 Å². The first kappa shape index (κ1) is 13.0. The van der Waals surface area contributed by atoms with Gasteiger partial charge in [0.2, 0.25) is 5.95 Å². The lowest BCUT2D eigenvalue weighted by Crippen LogP contribution is -2.31. The summed E-state index contributed by atoms with van der Waals surface area (Å²) in [7, 11) is 1.67. The van der Waals surface area contributed by atoms with Gasteiger partial charge in [0.15, 0.2) is 0 Å². The zero-order chi connectivity index (χ0) is 12.8. The van der Waals surface area contributed by atoms with Crippen molar-refractivity contribution in [1.29, 1.82) is 0 Å². The van der Waals surface area contributed by atoms with Crippen LogP contribution in [0.3, 0.4) is 0 Å². The van der Waals surface area contributed by atoms with Gasteiger partial charge in [0.1, 0.15) is 5.52 Å². The average molecular weight is 267 g/mol. The van der Waals surface area contributed by atoms with Gasteiger partial charge >= 0.3 is 0 Å². The van der Waals surface area contributed by atoms with E-state index >= 15 is 0 Å². The van der Waals surface area contributed by atoms with Crippen LogP contribution in [0.5, 0.6) is 0 Å². The molecule has 0 bridgehead atoms. The molecule has 0 radical (unpaired) electrons. The van der Waals surface area contributed by atoms with Crippen LogP contribution >= 0.6 is 11.6 Å². The van der Waals surface area contributed by atoms with Gasteiger partial charge in [-0.25, -0.2) is 4.98 Å². The predicted octanol–water partition coefficient (Wildman–Crippen LogP) is 1.72. The summed E-state index contributed by atoms with van der Waals surface area (Å²) in [4.78, 5) is 6.45. The van der Waals surface area contributed by atoms with Crippen LogP contribution in [0.2, 0.25) is 0 Å². The molecule has 5 nitrogen and oxygen atoms in total. The summed E-state index contributed by atoms with van der Waals surface area (Å²) in [5, 5.41) is 8.28. The number of methoxy groups -OCH3 is 1. The third-order valence-corrected chi connectivity index (χ3v) is 2.72. The second-order valence-electron chi connectivity index (χ2n) is 3.77. The number of nitrogens with zero attached hydrogens (tertiary/aromatic N) is 4. The van der Waals surface area contributed by atoms with Crippen molar-refractivity contribution in [3.63, 3.8) is 0 Å². The molecule has 0 unspecified atom stereocenters. The molecule has 6 heteroatoms. The molecule has 1 aromatic carbocycles. The molecule has 0 spiro atoms. The third-order valence-electron chi connectivity index (χ3n) is 2.55. The van der Waals surface area contributed by atoms with Crippen LogP contribution in [0.1, 0.15) is 0 Å². The van der Waals surface area contributed by atoms with Gasteiger partial charge in [0, 0.05) is 26.1 Å². The molecule has 96 valence electrons. The highest BCUT2D eigenvalue weighted by Crippen LogP contribution is 2.12. The number of hydrogen-bond acceptors (Lipinski definition) is 5. The van der Waals surface area contributed by atoms with Crippen molar-refractivity contribution < 1.29 is 4.74 Å². The smallest absolute Gasteiger partial charge is 0.246 e. The van der Waals surface area contributed by atoms with Crippen LogP contribution in [-0.2, 0) is 4.74 Å². The van der Waals surface area contributed by atoms with Crippen LogP contribution in [0.4, 0.5) is 5.95 Å². The highest BCUT2D eigenvalue weighted by Gasteiger charge is 2.10. The number of rotatable bonds is 6. The third kappa shape index (κ3) is 3.05. The Morgan fingerprint density at radius 2 is 1.94 bits per heavy atom. The molecule has 0 atom stereocenters. The number of fused-ring (bicyclic) bond motifs is 1. The molecular weight excluding hydrogens is 252 g/mol. The molecular formula is C12H15ClN4O. The molecule has 0 saturated heterocycles. The average Bonchev–Trinajstić information content (AvgIpc) is 2.43. The van der Waals surface area contributed by atoms with Crippen LogP contribution in [0.15, 0.2) is 24.3 Å². The number of hydrogen-bond donors (Lipinski definition) is 0. The van der Waals surface area contributed by atoms with Gasteiger partial charge in [-0.15, -0.1) is 21.8 Å². The van der Waals surface area contributed by atoms with E-state index in [2.05, 4.69) is 15.2 Å². The minimum absolute atomic E-state index is 0.514. The summed E-state index contributed by atoms with van der Waals surface area (Å²) in [6.07, 6.45) is 0. The van der Waals surface area contributed by atoms with E-state index in [9.17, 15) is 0 Å². The largest absolute Gasteiger partial charge is 0.383 e. The standard InChI is InChI=1S/C12H15ClN4O/c1-18-9-8-17(7-6-13)12-14-10-4-2-3-5-11(10)15-16-12/h2-5H,6-9H2,1H3. The lowest BCUT2D eigenvalue weighted by atomic mass is 10.3. The van der Waals surface area contributed by atoms with E-state index in [1.54, 1.807) is 7.11 Å². The van der Waals surface area contributed by atoms with Crippen LogP contribution in [0, 0.1) is 0 Å². The molecule has 0 aliphatic heterocycles. The van der Waals surface area contributed by atoms with Crippen LogP contribution in [0.25, 0.3) is 11.0 Å². The Kier molecular flexibility index (Phi) is 4.66. The van der Waals surface area contributed by atoms with E-state index in [4.69, 9.17) is 16.3 Å². The van der Waals surface area contributed by atoms with Gasteiger partial charge in [0.05, 0.1) is 12.1 Å². The Labute approximate surface area is 111 Å². The number of benzene rings is 1. The number of halogens is 1. The summed E-state index contributed by atoms with van der Waals surface area (Å²) in [5.41, 5.74) is 1.62. The quantitative estimate of drug-likeness (QED) is 0.745. The van der Waals surface area contributed by atoms with Gasteiger partial charge in [-0.1, -0.05) is 12.1 Å². The Hall–Kier alpha value is -1.46. The first-order valence-electron chi connectivity index (χ1n) is 5.74. The molecule has 0 fully saturated rings. The second-order valence-corrected chi connectivity index (χ2v) is 4.15. The summed E-state index contributed by atoms with van der Waals surface area (Å²) < 4.78 is 5.07. The zero-order valence-electron chi connectivity index (χ0n) is 10.2. The number of para-hydroxylation sites is 1. The van der Waals surface area contributed by atoms with E-state index in [0.29, 0.717) is 31.5 Å². The Morgan fingerprint density at radius 1 is 1.17 bits per heavy atom. The van der Waals surface area contributed by atoms with Crippen molar-refractivity contribution in [2.24, 2.45) is 0 Å². The normalized spacial score (nSPS) is 10.8. The Balaban J connectivity index is 2.25. The van der Waals surface area contributed by atoms with Crippen molar-refractivity contribution in [3.8, 4) is 0 Å². The molecule has 0 N–H and O–H groups in total. The van der Waals surface area contributed by atoms with E-state index in [0.717, 1.165) is 11.0 Å². The fourth-order valence-corrected chi connectivity index (χ4v) is 1.83. The molecule has 1 heterocycles. The topological polar surface area (TPSA) is 51.1 Å². The Morgan fingerprint density at radius 3 is 2.67 bits per heavy atom. The fourth-order valence-electron chi connectivity index (χ4n) is 1.62. The number of anilines is 1. The fraction of sp³-hybridized carbons (Fsp3) is 0.417. The van der Waals surface area contributed by atoms with Crippen molar-refractivity contribution in [3.05, 3.63) is 24.3 Å². The first-order chi connectivity index (χ1) is 8.85. The minimum atomic E-state index is 0.514. The minimum Gasteiger partial charge on any atom is -0.383 e. The summed E-state index contributed by atoms with van der Waals surface area (Å²) in [6, 6.07) is 7.66. The van der Waals surface area contributed by atoms with Gasteiger partial charge < -0.3 is 9.64 Å². The summed E-state index contributed by atoms with van der Waals surface area (Å²) in [6.45, 7) is 1.97. The second kappa shape index (κ2) is 6.47. The van der Waals surface area contributed by atoms with Gasteiger partial charge in [-0.2, -0.15) is 0 Å². The number of alkyl halides is 1. The maximum Gasteiger partial charge on any atom is 0.246 e. The maximum absolute atomic E-state index is 5.78. The van der Waals surface area contributed by atoms with E-state index in [-0.39, 0.29) is 0 Å². The van der Waals surface area contributed by atoms with Crippen molar-refractivity contribution in [1.82, 2.24) is 15.2 Å². The van der Waals surface area contributed by atoms with Gasteiger partial charge in [-0.05, 0) is 12.1 Å². The van der Waals surface area contributed by atoms with E-state index in [1.165, 1.54) is 0 Å². The maximum atomic E-state index is 5.78. The first-order valence-corrected chi connectivity index (χ1v) is 6.28. The van der Waals surface area contributed by atoms with E-state index in [1.807, 2.05) is 29.2 Å². The number of aromatic nitrogens is 3. The van der Waals surface area contributed by atoms with Crippen LogP contribution < -0.4 is 4.90 Å². The zero-order valence-corrected chi connectivity index (χ0v) is 11.0. The highest BCUT2D eigenvalue weighted by molar-refractivity contribution is 6.18. The number of ether oxygens (including phenoxy) is 1. The Bertz CT molecular complexity index is 508. The van der Waals surface area contributed by atoms with Crippen molar-refractivity contribution in [2.75, 3.05) is 37.6 Å². The van der Waals surface area contributed by atoms with E-state index < -0.39 is 0 Å². The molecule has 0 amide bonds.